The molecule has 2 aromatic carbocycles. The predicted molar refractivity (Wildman–Crippen MR) is 99.8 cm³/mol. The molecule has 0 aliphatic carbocycles. The Morgan fingerprint density at radius 1 is 1.08 bits per heavy atom. The van der Waals surface area contributed by atoms with E-state index in [0.29, 0.717) is 17.9 Å². The Balaban J connectivity index is 2.07. The van der Waals surface area contributed by atoms with Crippen LogP contribution in [0.4, 0.5) is 0 Å². The van der Waals surface area contributed by atoms with Gasteiger partial charge in [-0.25, -0.2) is 0 Å². The van der Waals surface area contributed by atoms with Crippen LogP contribution in [0, 0.1) is 6.92 Å². The van der Waals surface area contributed by atoms with Gasteiger partial charge in [0, 0.05) is 2.74 Å². The highest BCUT2D eigenvalue weighted by Gasteiger charge is 2.07. The Labute approximate surface area is 157 Å². The van der Waals surface area contributed by atoms with Crippen molar-refractivity contribution >= 4 is 0 Å². The number of hydrogen-bond acceptors (Lipinski definition) is 4. The summed E-state index contributed by atoms with van der Waals surface area (Å²) in [6, 6.07) is 11.8. The summed E-state index contributed by atoms with van der Waals surface area (Å²) in [5, 5.41) is 10.5. The normalized spacial score (nSPS) is 17.2. The number of ether oxygens (including phenoxy) is 3. The van der Waals surface area contributed by atoms with Gasteiger partial charge in [-0.3, -0.25) is 0 Å². The molecule has 1 N–H and O–H groups in total. The van der Waals surface area contributed by atoms with E-state index < -0.39 is 19.0 Å². The lowest BCUT2D eigenvalue weighted by atomic mass is 10.0. The Kier molecular flexibility index (Phi) is 5.20. The molecule has 4 heteroatoms. The van der Waals surface area contributed by atoms with Crippen molar-refractivity contribution in [2.24, 2.45) is 0 Å². The summed E-state index contributed by atoms with van der Waals surface area (Å²) in [6.45, 7) is -1.17. The lowest BCUT2D eigenvalue weighted by Gasteiger charge is -2.13. The molecule has 25 heavy (non-hydrogen) atoms. The van der Waals surface area contributed by atoms with Crippen molar-refractivity contribution in [3.63, 3.8) is 0 Å². The van der Waals surface area contributed by atoms with E-state index in [-0.39, 0.29) is 18.6 Å². The van der Waals surface area contributed by atoms with Gasteiger partial charge in [0.2, 0.25) is 0 Å². The van der Waals surface area contributed by atoms with Gasteiger partial charge < -0.3 is 19.3 Å². The molecule has 136 valence electrons. The second kappa shape index (κ2) is 9.94. The summed E-state index contributed by atoms with van der Waals surface area (Å²) < 4.78 is 56.1. The number of rotatable bonds is 10. The Hall–Kier alpha value is -2.20. The largest absolute Gasteiger partial charge is 0.493 e. The SMILES string of the molecule is [2H]C([2H])(CCCc1ccc(OC)c(OC)c1)C([2H])(O)C([2H])([2H])Oc1cccc(C)c1. The van der Waals surface area contributed by atoms with Gasteiger partial charge >= 0.3 is 0 Å². The fraction of sp³-hybridized carbons (Fsp3) is 0.429. The zero-order chi connectivity index (χ0) is 22.6. The highest BCUT2D eigenvalue weighted by Crippen LogP contribution is 2.28. The van der Waals surface area contributed by atoms with E-state index in [1.165, 1.54) is 20.3 Å². The lowest BCUT2D eigenvalue weighted by molar-refractivity contribution is 0.0976. The highest BCUT2D eigenvalue weighted by atomic mass is 16.5. The molecule has 0 amide bonds. The van der Waals surface area contributed by atoms with E-state index >= 15 is 0 Å². The topological polar surface area (TPSA) is 47.9 Å². The summed E-state index contributed by atoms with van der Waals surface area (Å²) in [6.07, 6.45) is -5.18. The Morgan fingerprint density at radius 3 is 2.60 bits per heavy atom. The number of aryl methyl sites for hydroxylation is 2. The van der Waals surface area contributed by atoms with Crippen LogP contribution in [0.25, 0.3) is 0 Å². The van der Waals surface area contributed by atoms with Gasteiger partial charge in [0.05, 0.1) is 24.4 Å². The molecule has 2 rings (SSSR count). The summed E-state index contributed by atoms with van der Waals surface area (Å²) in [5.74, 6) is 1.25. The van der Waals surface area contributed by atoms with Crippen molar-refractivity contribution in [1.82, 2.24) is 0 Å². The molecule has 0 fully saturated rings. The number of benzene rings is 2. The van der Waals surface area contributed by atoms with Gasteiger partial charge in [-0.05, 0) is 61.5 Å². The molecule has 0 aliphatic heterocycles. The van der Waals surface area contributed by atoms with Gasteiger partial charge in [0.1, 0.15) is 12.3 Å². The maximum Gasteiger partial charge on any atom is 0.160 e. The molecule has 1 atom stereocenters. The van der Waals surface area contributed by atoms with Crippen LogP contribution in [-0.4, -0.2) is 32.0 Å². The summed E-state index contributed by atoms with van der Waals surface area (Å²) in [7, 11) is 3.06. The third-order valence-corrected chi connectivity index (χ3v) is 3.64. The van der Waals surface area contributed by atoms with Gasteiger partial charge in [-0.1, -0.05) is 24.6 Å². The second-order valence-electron chi connectivity index (χ2n) is 5.59. The summed E-state index contributed by atoms with van der Waals surface area (Å²) >= 11 is 0. The average molecular weight is 349 g/mol. The van der Waals surface area contributed by atoms with Crippen molar-refractivity contribution in [2.75, 3.05) is 20.8 Å². The highest BCUT2D eigenvalue weighted by molar-refractivity contribution is 5.42. The number of hydrogen-bond donors (Lipinski definition) is 1. The van der Waals surface area contributed by atoms with Crippen LogP contribution in [0.5, 0.6) is 17.2 Å². The van der Waals surface area contributed by atoms with Crippen molar-refractivity contribution in [1.29, 1.82) is 0 Å². The monoisotopic (exact) mass is 349 g/mol. The van der Waals surface area contributed by atoms with Gasteiger partial charge in [-0.15, -0.1) is 0 Å². The first-order valence-corrected chi connectivity index (χ1v) is 8.12. The van der Waals surface area contributed by atoms with Crippen LogP contribution in [-0.2, 0) is 6.42 Å². The molecule has 1 unspecified atom stereocenters. The molecule has 0 heterocycles. The molecule has 0 spiro atoms. The van der Waals surface area contributed by atoms with Crippen LogP contribution < -0.4 is 14.2 Å². The second-order valence-corrected chi connectivity index (χ2v) is 5.59. The minimum Gasteiger partial charge on any atom is -0.493 e. The third-order valence-electron chi connectivity index (χ3n) is 3.64. The molecule has 0 bridgehead atoms. The van der Waals surface area contributed by atoms with E-state index in [0.717, 1.165) is 11.1 Å². The maximum atomic E-state index is 10.5. The fourth-order valence-corrected chi connectivity index (χ4v) is 2.36. The van der Waals surface area contributed by atoms with Crippen molar-refractivity contribution in [3.05, 3.63) is 53.6 Å². The van der Waals surface area contributed by atoms with Crippen LogP contribution in [0.2, 0.25) is 0 Å². The third kappa shape index (κ3) is 6.31. The van der Waals surface area contributed by atoms with Crippen molar-refractivity contribution < 1.29 is 26.2 Å². The van der Waals surface area contributed by atoms with Crippen molar-refractivity contribution in [3.8, 4) is 17.2 Å². The summed E-state index contributed by atoms with van der Waals surface area (Å²) in [4.78, 5) is 0. The number of methoxy groups -OCH3 is 2. The molecular formula is C21H28O4. The molecule has 0 saturated carbocycles. The maximum absolute atomic E-state index is 10.5. The van der Waals surface area contributed by atoms with E-state index in [9.17, 15) is 5.11 Å². The molecule has 4 nitrogen and oxygen atoms in total. The van der Waals surface area contributed by atoms with Gasteiger partial charge in [0.25, 0.3) is 0 Å². The minimum atomic E-state index is -3.12. The van der Waals surface area contributed by atoms with E-state index in [2.05, 4.69) is 0 Å². The first-order chi connectivity index (χ1) is 13.9. The number of aliphatic hydroxyl groups is 1. The minimum absolute atomic E-state index is 0.117. The zero-order valence-electron chi connectivity index (χ0n) is 19.8. The molecule has 0 saturated heterocycles. The van der Waals surface area contributed by atoms with Crippen LogP contribution >= 0.6 is 0 Å². The van der Waals surface area contributed by atoms with Gasteiger partial charge in [0.15, 0.2) is 11.5 Å². The van der Waals surface area contributed by atoms with Crippen LogP contribution in [0.1, 0.15) is 37.2 Å². The summed E-state index contributed by atoms with van der Waals surface area (Å²) in [5.41, 5.74) is 1.69. The smallest absolute Gasteiger partial charge is 0.160 e. The van der Waals surface area contributed by atoms with E-state index in [1.807, 2.05) is 6.07 Å². The first kappa shape index (κ1) is 13.1. The van der Waals surface area contributed by atoms with Crippen LogP contribution in [0.15, 0.2) is 42.5 Å². The fourth-order valence-electron chi connectivity index (χ4n) is 2.36. The molecule has 0 radical (unpaired) electrons. The zero-order valence-corrected chi connectivity index (χ0v) is 14.8. The Morgan fingerprint density at radius 2 is 1.88 bits per heavy atom. The molecule has 0 aromatic heterocycles. The van der Waals surface area contributed by atoms with Gasteiger partial charge in [-0.2, -0.15) is 0 Å². The first-order valence-electron chi connectivity index (χ1n) is 10.6. The quantitative estimate of drug-likeness (QED) is 0.699. The van der Waals surface area contributed by atoms with E-state index in [1.54, 1.807) is 37.3 Å². The molecular weight excluding hydrogens is 316 g/mol. The van der Waals surface area contributed by atoms with Crippen LogP contribution in [0.3, 0.4) is 0 Å². The average Bonchev–Trinajstić information content (AvgIpc) is 2.67. The lowest BCUT2D eigenvalue weighted by Crippen LogP contribution is -2.17. The molecule has 2 aromatic rings. The van der Waals surface area contributed by atoms with E-state index in [4.69, 9.17) is 21.1 Å². The Bertz CT molecular complexity index is 855. The standard InChI is InChI=1S/C21H28O4/c1-16-7-6-10-19(13-16)25-15-18(22)9-5-4-8-17-11-12-20(23-2)21(14-17)24-3/h6-7,10-14,18,22H,4-5,8-9,15H2,1-3H3/i9D2,15D2,18D. The predicted octanol–water partition coefficient (Wildman–Crippen LogP) is 4.16. The van der Waals surface area contributed by atoms with Crippen molar-refractivity contribution in [2.45, 2.75) is 38.6 Å². The molecule has 0 aliphatic rings.